The van der Waals surface area contributed by atoms with Crippen molar-refractivity contribution in [1.82, 2.24) is 10.2 Å². The van der Waals surface area contributed by atoms with Gasteiger partial charge in [0.15, 0.2) is 0 Å². The molecule has 0 aliphatic carbocycles. The van der Waals surface area contributed by atoms with Crippen LogP contribution in [-0.2, 0) is 11.3 Å². The lowest BCUT2D eigenvalue weighted by Crippen LogP contribution is -2.40. The highest BCUT2D eigenvalue weighted by Crippen LogP contribution is 2.22. The lowest BCUT2D eigenvalue weighted by molar-refractivity contribution is -0.121. The molecule has 1 aliphatic heterocycles. The number of amides is 3. The van der Waals surface area contributed by atoms with Gasteiger partial charge in [0, 0.05) is 11.4 Å². The van der Waals surface area contributed by atoms with E-state index >= 15 is 0 Å². The third-order valence-corrected chi connectivity index (χ3v) is 4.57. The number of imide groups is 1. The van der Waals surface area contributed by atoms with Crippen LogP contribution in [0, 0.1) is 0 Å². The summed E-state index contributed by atoms with van der Waals surface area (Å²) in [6.45, 7) is 0.0892. The second-order valence-electron chi connectivity index (χ2n) is 5.37. The highest BCUT2D eigenvalue weighted by Gasteiger charge is 2.36. The molecule has 5 nitrogen and oxygen atoms in total. The van der Waals surface area contributed by atoms with Gasteiger partial charge in [-0.15, -0.1) is 11.8 Å². The predicted octanol–water partition coefficient (Wildman–Crippen LogP) is 2.32. The number of thioether (sulfide) groups is 1. The fourth-order valence-electron chi connectivity index (χ4n) is 2.53. The van der Waals surface area contributed by atoms with Gasteiger partial charge >= 0.3 is 0 Å². The third-order valence-electron chi connectivity index (χ3n) is 3.83. The Morgan fingerprint density at radius 2 is 1.58 bits per heavy atom. The number of nitrogens with one attached hydrogen (secondary N) is 1. The summed E-state index contributed by atoms with van der Waals surface area (Å²) in [6.07, 6.45) is 2.00. The zero-order valence-electron chi connectivity index (χ0n) is 13.1. The fourth-order valence-corrected chi connectivity index (χ4v) is 2.93. The van der Waals surface area contributed by atoms with Gasteiger partial charge < -0.3 is 5.32 Å². The molecule has 0 spiro atoms. The van der Waals surface area contributed by atoms with Gasteiger partial charge in [0.05, 0.1) is 11.1 Å². The summed E-state index contributed by atoms with van der Waals surface area (Å²) in [5, 5.41) is 2.74. The zero-order chi connectivity index (χ0) is 17.1. The normalized spacial score (nSPS) is 13.1. The van der Waals surface area contributed by atoms with E-state index in [4.69, 9.17) is 0 Å². The Kier molecular flexibility index (Phi) is 4.66. The fraction of sp³-hybridized carbons (Fsp3) is 0.167. The van der Waals surface area contributed by atoms with E-state index in [1.165, 1.54) is 0 Å². The molecule has 1 N–H and O–H groups in total. The van der Waals surface area contributed by atoms with Gasteiger partial charge in [-0.3, -0.25) is 19.3 Å². The molecule has 122 valence electrons. The lowest BCUT2D eigenvalue weighted by Gasteiger charge is -2.13. The average molecular weight is 340 g/mol. The number of rotatable bonds is 5. The van der Waals surface area contributed by atoms with E-state index in [0.29, 0.717) is 17.7 Å². The van der Waals surface area contributed by atoms with Crippen LogP contribution in [0.25, 0.3) is 0 Å². The molecule has 3 amide bonds. The first-order valence-corrected chi connectivity index (χ1v) is 8.67. The average Bonchev–Trinajstić information content (AvgIpc) is 2.86. The van der Waals surface area contributed by atoms with Gasteiger partial charge in [-0.05, 0) is 36.1 Å². The van der Waals surface area contributed by atoms with Crippen molar-refractivity contribution < 1.29 is 14.4 Å². The number of hydrogen-bond donors (Lipinski definition) is 1. The van der Waals surface area contributed by atoms with Crippen LogP contribution < -0.4 is 5.32 Å². The Hall–Kier alpha value is -2.60. The molecule has 2 aromatic carbocycles. The first kappa shape index (κ1) is 16.3. The first-order valence-electron chi connectivity index (χ1n) is 7.45. The topological polar surface area (TPSA) is 66.5 Å². The van der Waals surface area contributed by atoms with Gasteiger partial charge in [0.2, 0.25) is 5.91 Å². The summed E-state index contributed by atoms with van der Waals surface area (Å²) < 4.78 is 0. The summed E-state index contributed by atoms with van der Waals surface area (Å²) in [5.41, 5.74) is 1.66. The second kappa shape index (κ2) is 6.88. The second-order valence-corrected chi connectivity index (χ2v) is 6.25. The summed E-state index contributed by atoms with van der Waals surface area (Å²) in [4.78, 5) is 38.6. The highest BCUT2D eigenvalue weighted by molar-refractivity contribution is 7.98. The number of carbonyl (C=O) groups excluding carboxylic acids is 3. The van der Waals surface area contributed by atoms with Crippen LogP contribution in [0.1, 0.15) is 26.3 Å². The summed E-state index contributed by atoms with van der Waals surface area (Å²) in [5.74, 6) is -1.21. The van der Waals surface area contributed by atoms with Crippen molar-refractivity contribution in [2.45, 2.75) is 11.4 Å². The molecule has 6 heteroatoms. The number of hydrogen-bond acceptors (Lipinski definition) is 4. The van der Waals surface area contributed by atoms with Crippen molar-refractivity contribution in [3.8, 4) is 0 Å². The third kappa shape index (κ3) is 3.19. The predicted molar refractivity (Wildman–Crippen MR) is 91.9 cm³/mol. The van der Waals surface area contributed by atoms with Crippen LogP contribution in [0.4, 0.5) is 0 Å². The van der Waals surface area contributed by atoms with Gasteiger partial charge in [-0.1, -0.05) is 24.3 Å². The molecule has 0 fully saturated rings. The van der Waals surface area contributed by atoms with Crippen molar-refractivity contribution in [3.63, 3.8) is 0 Å². The quantitative estimate of drug-likeness (QED) is 0.670. The van der Waals surface area contributed by atoms with Crippen LogP contribution >= 0.6 is 11.8 Å². The Labute approximate surface area is 144 Å². The monoisotopic (exact) mass is 340 g/mol. The molecular weight excluding hydrogens is 324 g/mol. The van der Waals surface area contributed by atoms with Crippen molar-refractivity contribution in [1.29, 1.82) is 0 Å². The van der Waals surface area contributed by atoms with E-state index in [0.717, 1.165) is 15.4 Å². The Balaban J connectivity index is 1.59. The number of nitrogens with zero attached hydrogens (tertiary/aromatic N) is 1. The maximum Gasteiger partial charge on any atom is 0.262 e. The molecule has 0 aromatic heterocycles. The lowest BCUT2D eigenvalue weighted by atomic mass is 10.1. The van der Waals surface area contributed by atoms with Crippen molar-refractivity contribution in [2.24, 2.45) is 0 Å². The van der Waals surface area contributed by atoms with Crippen LogP contribution in [-0.4, -0.2) is 35.4 Å². The molecule has 1 heterocycles. The van der Waals surface area contributed by atoms with E-state index in [1.54, 1.807) is 36.0 Å². The minimum atomic E-state index is -0.421. The van der Waals surface area contributed by atoms with Gasteiger partial charge in [0.1, 0.15) is 6.54 Å². The van der Waals surface area contributed by atoms with Crippen molar-refractivity contribution >= 4 is 29.5 Å². The minimum absolute atomic E-state index is 0.269. The molecule has 0 saturated heterocycles. The molecule has 0 radical (unpaired) electrons. The van der Waals surface area contributed by atoms with E-state index in [1.807, 2.05) is 30.5 Å². The standard InChI is InChI=1S/C18H16N2O3S/c1-24-13-8-6-12(7-9-13)10-19-16(21)11-20-17(22)14-4-2-3-5-15(14)18(20)23/h2-9H,10-11H2,1H3,(H,19,21). The number of carbonyl (C=O) groups is 3. The van der Waals surface area contributed by atoms with Crippen molar-refractivity contribution in [3.05, 3.63) is 65.2 Å². The minimum Gasteiger partial charge on any atom is -0.350 e. The molecule has 24 heavy (non-hydrogen) atoms. The Bertz CT molecular complexity index is 767. The molecule has 0 saturated carbocycles. The molecular formula is C18H16N2O3S. The summed E-state index contributed by atoms with van der Waals surface area (Å²) >= 11 is 1.65. The van der Waals surface area contributed by atoms with Crippen LogP contribution in [0.3, 0.4) is 0 Å². The molecule has 3 rings (SSSR count). The zero-order valence-corrected chi connectivity index (χ0v) is 13.9. The first-order chi connectivity index (χ1) is 11.6. The molecule has 0 unspecified atom stereocenters. The largest absolute Gasteiger partial charge is 0.350 e. The summed E-state index contributed by atoms with van der Waals surface area (Å²) in [7, 11) is 0. The molecule has 2 aromatic rings. The van der Waals surface area contributed by atoms with Gasteiger partial charge in [-0.25, -0.2) is 0 Å². The van der Waals surface area contributed by atoms with Crippen LogP contribution in [0.15, 0.2) is 53.4 Å². The van der Waals surface area contributed by atoms with E-state index < -0.39 is 11.8 Å². The van der Waals surface area contributed by atoms with Crippen LogP contribution in [0.2, 0.25) is 0 Å². The maximum atomic E-state index is 12.2. The number of benzene rings is 2. The van der Waals surface area contributed by atoms with Gasteiger partial charge in [-0.2, -0.15) is 0 Å². The Morgan fingerprint density at radius 1 is 1.00 bits per heavy atom. The van der Waals surface area contributed by atoms with E-state index in [9.17, 15) is 14.4 Å². The smallest absolute Gasteiger partial charge is 0.262 e. The Morgan fingerprint density at radius 3 is 2.12 bits per heavy atom. The number of fused-ring (bicyclic) bond motifs is 1. The van der Waals surface area contributed by atoms with Gasteiger partial charge in [0.25, 0.3) is 11.8 Å². The van der Waals surface area contributed by atoms with E-state index in [2.05, 4.69) is 5.32 Å². The SMILES string of the molecule is CSc1ccc(CNC(=O)CN2C(=O)c3ccccc3C2=O)cc1. The molecule has 0 atom stereocenters. The van der Waals surface area contributed by atoms with E-state index in [-0.39, 0.29) is 12.5 Å². The maximum absolute atomic E-state index is 12.2. The highest BCUT2D eigenvalue weighted by atomic mass is 32.2. The van der Waals surface area contributed by atoms with Crippen LogP contribution in [0.5, 0.6) is 0 Å². The van der Waals surface area contributed by atoms with Crippen molar-refractivity contribution in [2.75, 3.05) is 12.8 Å². The molecule has 1 aliphatic rings. The molecule has 0 bridgehead atoms. The summed E-state index contributed by atoms with van der Waals surface area (Å²) in [6, 6.07) is 14.4.